The second kappa shape index (κ2) is 5.12. The molecule has 0 radical (unpaired) electrons. The maximum absolute atomic E-state index is 12.6. The van der Waals surface area contributed by atoms with Crippen LogP contribution in [0.1, 0.15) is 12.5 Å². The van der Waals surface area contributed by atoms with Crippen LogP contribution in [0.2, 0.25) is 0 Å². The van der Waals surface area contributed by atoms with Crippen molar-refractivity contribution in [3.05, 3.63) is 23.8 Å². The van der Waals surface area contributed by atoms with Crippen molar-refractivity contribution in [1.29, 1.82) is 0 Å². The lowest BCUT2D eigenvalue weighted by Gasteiger charge is -2.22. The smallest absolute Gasteiger partial charge is 0.325 e. The Bertz CT molecular complexity index is 790. The molecule has 1 aromatic carbocycles. The molecule has 0 aliphatic carbocycles. The zero-order valence-electron chi connectivity index (χ0n) is 12.7. The SMILES string of the molecule is C[C@]1(c2ccc3c(c2)OCO3)NC(=O)N(CCS(C)(=O)=O)C1=O. The predicted octanol–water partition coefficient (Wildman–Crippen LogP) is 0.227. The molecule has 2 heterocycles. The Morgan fingerprint density at radius 3 is 2.65 bits per heavy atom. The van der Waals surface area contributed by atoms with Gasteiger partial charge in [-0.3, -0.25) is 9.69 Å². The number of imide groups is 1. The highest BCUT2D eigenvalue weighted by Crippen LogP contribution is 2.37. The molecule has 1 N–H and O–H groups in total. The first-order chi connectivity index (χ1) is 10.7. The van der Waals surface area contributed by atoms with Gasteiger partial charge in [0, 0.05) is 12.8 Å². The first-order valence-electron chi connectivity index (χ1n) is 6.93. The van der Waals surface area contributed by atoms with Crippen LogP contribution in [-0.2, 0) is 20.2 Å². The Morgan fingerprint density at radius 2 is 1.96 bits per heavy atom. The molecular formula is C14H16N2O6S. The summed E-state index contributed by atoms with van der Waals surface area (Å²) in [5.74, 6) is 0.303. The van der Waals surface area contributed by atoms with E-state index in [0.717, 1.165) is 11.2 Å². The molecule has 0 aromatic heterocycles. The molecule has 8 nitrogen and oxygen atoms in total. The van der Waals surface area contributed by atoms with E-state index in [1.54, 1.807) is 25.1 Å². The Hall–Kier alpha value is -2.29. The van der Waals surface area contributed by atoms with Crippen molar-refractivity contribution in [2.45, 2.75) is 12.5 Å². The van der Waals surface area contributed by atoms with Crippen LogP contribution in [0.15, 0.2) is 18.2 Å². The normalized spacial score (nSPS) is 23.3. The minimum Gasteiger partial charge on any atom is -0.454 e. The molecule has 0 bridgehead atoms. The molecule has 2 aliphatic rings. The van der Waals surface area contributed by atoms with Gasteiger partial charge in [-0.15, -0.1) is 0 Å². The van der Waals surface area contributed by atoms with Crippen LogP contribution in [0.4, 0.5) is 4.79 Å². The Morgan fingerprint density at radius 1 is 1.26 bits per heavy atom. The van der Waals surface area contributed by atoms with Gasteiger partial charge in [-0.2, -0.15) is 0 Å². The van der Waals surface area contributed by atoms with Crippen molar-refractivity contribution in [1.82, 2.24) is 10.2 Å². The van der Waals surface area contributed by atoms with Gasteiger partial charge < -0.3 is 14.8 Å². The molecule has 1 aromatic rings. The summed E-state index contributed by atoms with van der Waals surface area (Å²) in [5, 5.41) is 2.62. The second-order valence-corrected chi connectivity index (χ2v) is 7.97. The number of hydrogen-bond donors (Lipinski definition) is 1. The number of nitrogens with zero attached hydrogens (tertiary/aromatic N) is 1. The molecule has 1 fully saturated rings. The summed E-state index contributed by atoms with van der Waals surface area (Å²) in [7, 11) is -3.28. The number of fused-ring (bicyclic) bond motifs is 1. The van der Waals surface area contributed by atoms with Crippen LogP contribution in [-0.4, -0.2) is 50.6 Å². The quantitative estimate of drug-likeness (QED) is 0.787. The van der Waals surface area contributed by atoms with Crippen molar-refractivity contribution in [3.63, 3.8) is 0 Å². The average molecular weight is 340 g/mol. The molecule has 23 heavy (non-hydrogen) atoms. The van der Waals surface area contributed by atoms with Crippen molar-refractivity contribution in [3.8, 4) is 11.5 Å². The van der Waals surface area contributed by atoms with E-state index in [2.05, 4.69) is 5.32 Å². The van der Waals surface area contributed by atoms with Crippen LogP contribution in [0.25, 0.3) is 0 Å². The van der Waals surface area contributed by atoms with Gasteiger partial charge in [0.1, 0.15) is 15.4 Å². The number of amides is 3. The number of sulfone groups is 1. The molecule has 1 atom stereocenters. The standard InChI is InChI=1S/C14H16N2O6S/c1-14(9-3-4-10-11(7-9)22-8-21-10)12(17)16(13(18)15-14)5-6-23(2,19)20/h3-4,7H,5-6,8H2,1-2H3,(H,15,18)/t14-/m1/s1. The number of urea groups is 1. The number of hydrogen-bond acceptors (Lipinski definition) is 6. The van der Waals surface area contributed by atoms with E-state index in [1.807, 2.05) is 0 Å². The Balaban J connectivity index is 1.87. The minimum atomic E-state index is -3.28. The van der Waals surface area contributed by atoms with E-state index in [0.29, 0.717) is 17.1 Å². The van der Waals surface area contributed by atoms with Gasteiger partial charge in [-0.05, 0) is 24.6 Å². The van der Waals surface area contributed by atoms with Crippen LogP contribution >= 0.6 is 0 Å². The van der Waals surface area contributed by atoms with Gasteiger partial charge in [0.05, 0.1) is 5.75 Å². The maximum Gasteiger partial charge on any atom is 0.325 e. The zero-order valence-corrected chi connectivity index (χ0v) is 13.5. The third-order valence-corrected chi connectivity index (χ3v) is 4.83. The molecule has 1 saturated heterocycles. The van der Waals surface area contributed by atoms with E-state index >= 15 is 0 Å². The van der Waals surface area contributed by atoms with E-state index < -0.39 is 27.3 Å². The van der Waals surface area contributed by atoms with Crippen LogP contribution in [0.5, 0.6) is 11.5 Å². The van der Waals surface area contributed by atoms with E-state index in [4.69, 9.17) is 9.47 Å². The van der Waals surface area contributed by atoms with Crippen LogP contribution in [0, 0.1) is 0 Å². The number of rotatable bonds is 4. The average Bonchev–Trinajstić information content (AvgIpc) is 3.00. The second-order valence-electron chi connectivity index (χ2n) is 5.71. The van der Waals surface area contributed by atoms with E-state index in [1.165, 1.54) is 0 Å². The van der Waals surface area contributed by atoms with E-state index in [-0.39, 0.29) is 19.1 Å². The van der Waals surface area contributed by atoms with Crippen LogP contribution in [0.3, 0.4) is 0 Å². The van der Waals surface area contributed by atoms with Crippen molar-refractivity contribution in [2.24, 2.45) is 0 Å². The Kier molecular flexibility index (Phi) is 3.47. The van der Waals surface area contributed by atoms with Crippen molar-refractivity contribution in [2.75, 3.05) is 25.3 Å². The molecule has 0 spiro atoms. The summed E-state index contributed by atoms with van der Waals surface area (Å²) in [6.07, 6.45) is 1.06. The molecule has 3 rings (SSSR count). The topological polar surface area (TPSA) is 102 Å². The summed E-state index contributed by atoms with van der Waals surface area (Å²) in [4.78, 5) is 25.6. The summed E-state index contributed by atoms with van der Waals surface area (Å²) in [5.41, 5.74) is -0.725. The first kappa shape index (κ1) is 15.6. The lowest BCUT2D eigenvalue weighted by atomic mass is 9.91. The lowest BCUT2D eigenvalue weighted by Crippen LogP contribution is -2.41. The molecule has 0 unspecified atom stereocenters. The first-order valence-corrected chi connectivity index (χ1v) is 8.99. The summed E-state index contributed by atoms with van der Waals surface area (Å²) < 4.78 is 33.0. The molecule has 2 aliphatic heterocycles. The third-order valence-electron chi connectivity index (χ3n) is 3.91. The molecular weight excluding hydrogens is 324 g/mol. The van der Waals surface area contributed by atoms with Gasteiger partial charge in [-0.25, -0.2) is 13.2 Å². The third kappa shape index (κ3) is 2.72. The summed E-state index contributed by atoms with van der Waals surface area (Å²) >= 11 is 0. The molecule has 3 amide bonds. The highest BCUT2D eigenvalue weighted by Gasteiger charge is 2.49. The van der Waals surface area contributed by atoms with Gasteiger partial charge in [0.25, 0.3) is 5.91 Å². The summed E-state index contributed by atoms with van der Waals surface area (Å²) in [6, 6.07) is 4.37. The number of ether oxygens (including phenoxy) is 2. The fraction of sp³-hybridized carbons (Fsp3) is 0.429. The van der Waals surface area contributed by atoms with Crippen molar-refractivity contribution < 1.29 is 27.5 Å². The van der Waals surface area contributed by atoms with E-state index in [9.17, 15) is 18.0 Å². The lowest BCUT2D eigenvalue weighted by molar-refractivity contribution is -0.130. The van der Waals surface area contributed by atoms with Gasteiger partial charge in [0.15, 0.2) is 11.5 Å². The number of benzene rings is 1. The number of carbonyl (C=O) groups is 2. The molecule has 0 saturated carbocycles. The monoisotopic (exact) mass is 340 g/mol. The highest BCUT2D eigenvalue weighted by molar-refractivity contribution is 7.90. The minimum absolute atomic E-state index is 0.107. The largest absolute Gasteiger partial charge is 0.454 e. The van der Waals surface area contributed by atoms with Gasteiger partial charge in [0.2, 0.25) is 6.79 Å². The highest BCUT2D eigenvalue weighted by atomic mass is 32.2. The summed E-state index contributed by atoms with van der Waals surface area (Å²) in [6.45, 7) is 1.51. The van der Waals surface area contributed by atoms with Crippen molar-refractivity contribution >= 4 is 21.8 Å². The number of nitrogens with one attached hydrogen (secondary N) is 1. The molecule has 124 valence electrons. The molecule has 9 heteroatoms. The van der Waals surface area contributed by atoms with Crippen LogP contribution < -0.4 is 14.8 Å². The zero-order chi connectivity index (χ0) is 16.8. The van der Waals surface area contributed by atoms with Gasteiger partial charge >= 0.3 is 6.03 Å². The fourth-order valence-electron chi connectivity index (χ4n) is 2.56. The predicted molar refractivity (Wildman–Crippen MR) is 79.9 cm³/mol. The Labute approximate surface area is 133 Å². The maximum atomic E-state index is 12.6. The van der Waals surface area contributed by atoms with Gasteiger partial charge in [-0.1, -0.05) is 6.07 Å². The number of carbonyl (C=O) groups excluding carboxylic acids is 2. The fourth-order valence-corrected chi connectivity index (χ4v) is 3.07.